The van der Waals surface area contributed by atoms with Gasteiger partial charge in [-0.15, -0.1) is 10.2 Å². The molecule has 0 N–H and O–H groups in total. The van der Waals surface area contributed by atoms with Crippen LogP contribution in [0.4, 0.5) is 16.0 Å². The molecule has 1 amide bonds. The fourth-order valence-corrected chi connectivity index (χ4v) is 3.83. The number of benzene rings is 1. The number of hydrogen-bond acceptors (Lipinski definition) is 6. The highest BCUT2D eigenvalue weighted by molar-refractivity contribution is 6.31. The van der Waals surface area contributed by atoms with Crippen LogP contribution < -0.4 is 9.80 Å². The van der Waals surface area contributed by atoms with Crippen LogP contribution in [-0.2, 0) is 16.0 Å². The summed E-state index contributed by atoms with van der Waals surface area (Å²) in [5.74, 6) is 1.09. The quantitative estimate of drug-likeness (QED) is 0.755. The molecule has 2 aliphatic rings. The molecule has 1 aromatic carbocycles. The second-order valence-corrected chi connectivity index (χ2v) is 7.50. The van der Waals surface area contributed by atoms with Gasteiger partial charge in [-0.05, 0) is 24.3 Å². The zero-order valence-corrected chi connectivity index (χ0v) is 16.8. The number of piperazine rings is 1. The third kappa shape index (κ3) is 4.59. The lowest BCUT2D eigenvalue weighted by Gasteiger charge is -2.35. The number of aromatic nitrogens is 2. The molecule has 0 unspecified atom stereocenters. The zero-order chi connectivity index (χ0) is 20.2. The summed E-state index contributed by atoms with van der Waals surface area (Å²) in [6.45, 7) is 5.47. The second kappa shape index (κ2) is 8.92. The first-order valence-corrected chi connectivity index (χ1v) is 10.1. The van der Waals surface area contributed by atoms with Gasteiger partial charge in [0.2, 0.25) is 5.91 Å². The number of anilines is 2. The van der Waals surface area contributed by atoms with E-state index in [1.807, 2.05) is 12.1 Å². The first-order chi connectivity index (χ1) is 14.1. The van der Waals surface area contributed by atoms with E-state index in [9.17, 15) is 9.18 Å². The molecular formula is C20H23ClFN5O2. The lowest BCUT2D eigenvalue weighted by atomic mass is 10.1. The molecule has 7 nitrogen and oxygen atoms in total. The fraction of sp³-hybridized carbons (Fsp3) is 0.450. The maximum Gasteiger partial charge on any atom is 0.227 e. The van der Waals surface area contributed by atoms with Gasteiger partial charge >= 0.3 is 0 Å². The molecule has 3 heterocycles. The third-order valence-electron chi connectivity index (χ3n) is 5.32. The van der Waals surface area contributed by atoms with E-state index in [1.165, 1.54) is 12.1 Å². The highest BCUT2D eigenvalue weighted by atomic mass is 35.5. The Morgan fingerprint density at radius 2 is 1.59 bits per heavy atom. The molecule has 2 aromatic rings. The van der Waals surface area contributed by atoms with Gasteiger partial charge in [-0.2, -0.15) is 0 Å². The molecule has 0 saturated carbocycles. The van der Waals surface area contributed by atoms with Gasteiger partial charge in [-0.25, -0.2) is 4.39 Å². The van der Waals surface area contributed by atoms with Crippen molar-refractivity contribution in [3.8, 4) is 0 Å². The summed E-state index contributed by atoms with van der Waals surface area (Å²) >= 11 is 6.04. The van der Waals surface area contributed by atoms with Crippen molar-refractivity contribution in [1.29, 1.82) is 0 Å². The molecule has 2 fully saturated rings. The van der Waals surface area contributed by atoms with Crippen LogP contribution in [0.5, 0.6) is 0 Å². The number of hydrogen-bond donors (Lipinski definition) is 0. The van der Waals surface area contributed by atoms with Crippen LogP contribution in [0.1, 0.15) is 5.56 Å². The van der Waals surface area contributed by atoms with Crippen LogP contribution in [0.25, 0.3) is 0 Å². The van der Waals surface area contributed by atoms with Crippen LogP contribution in [0.2, 0.25) is 5.02 Å². The van der Waals surface area contributed by atoms with Gasteiger partial charge in [0.15, 0.2) is 11.6 Å². The summed E-state index contributed by atoms with van der Waals surface area (Å²) in [6, 6.07) is 8.41. The van der Waals surface area contributed by atoms with E-state index in [-0.39, 0.29) is 22.9 Å². The number of morpholine rings is 1. The van der Waals surface area contributed by atoms with Crippen LogP contribution >= 0.6 is 11.6 Å². The maximum absolute atomic E-state index is 13.9. The van der Waals surface area contributed by atoms with Gasteiger partial charge in [0.05, 0.1) is 19.6 Å². The first kappa shape index (κ1) is 19.8. The van der Waals surface area contributed by atoms with Crippen LogP contribution in [0.3, 0.4) is 0 Å². The summed E-state index contributed by atoms with van der Waals surface area (Å²) in [4.78, 5) is 18.6. The van der Waals surface area contributed by atoms with Crippen LogP contribution in [-0.4, -0.2) is 73.5 Å². The smallest absolute Gasteiger partial charge is 0.227 e. The van der Waals surface area contributed by atoms with Crippen LogP contribution in [0.15, 0.2) is 30.3 Å². The summed E-state index contributed by atoms with van der Waals surface area (Å²) in [7, 11) is 0. The molecular weight excluding hydrogens is 397 g/mol. The zero-order valence-electron chi connectivity index (χ0n) is 16.1. The van der Waals surface area contributed by atoms with E-state index in [0.717, 1.165) is 24.7 Å². The highest BCUT2D eigenvalue weighted by Crippen LogP contribution is 2.21. The Morgan fingerprint density at radius 3 is 2.17 bits per heavy atom. The van der Waals surface area contributed by atoms with Gasteiger partial charge in [-0.1, -0.05) is 17.7 Å². The predicted octanol–water partition coefficient (Wildman–Crippen LogP) is 2.00. The monoisotopic (exact) mass is 419 g/mol. The molecule has 2 saturated heterocycles. The lowest BCUT2D eigenvalue weighted by Crippen LogP contribution is -2.49. The van der Waals surface area contributed by atoms with E-state index >= 15 is 0 Å². The normalized spacial score (nSPS) is 17.5. The van der Waals surface area contributed by atoms with Crippen molar-refractivity contribution < 1.29 is 13.9 Å². The summed E-state index contributed by atoms with van der Waals surface area (Å²) in [5.41, 5.74) is 0.256. The predicted molar refractivity (Wildman–Crippen MR) is 109 cm³/mol. The molecule has 0 atom stereocenters. The van der Waals surface area contributed by atoms with Crippen molar-refractivity contribution in [3.63, 3.8) is 0 Å². The number of ether oxygens (including phenoxy) is 1. The molecule has 1 aromatic heterocycles. The van der Waals surface area contributed by atoms with Crippen molar-refractivity contribution in [2.45, 2.75) is 6.42 Å². The minimum absolute atomic E-state index is 0.0282. The van der Waals surface area contributed by atoms with E-state index in [2.05, 4.69) is 20.0 Å². The number of rotatable bonds is 4. The minimum atomic E-state index is -0.444. The summed E-state index contributed by atoms with van der Waals surface area (Å²) in [5, 5.41) is 8.99. The highest BCUT2D eigenvalue weighted by Gasteiger charge is 2.24. The molecule has 0 bridgehead atoms. The van der Waals surface area contributed by atoms with Gasteiger partial charge in [0, 0.05) is 49.9 Å². The SMILES string of the molecule is O=C(Cc1c(F)cccc1Cl)N1CCN(c2ccc(N3CCOCC3)nn2)CC1. The Labute approximate surface area is 174 Å². The first-order valence-electron chi connectivity index (χ1n) is 9.74. The Morgan fingerprint density at radius 1 is 0.966 bits per heavy atom. The minimum Gasteiger partial charge on any atom is -0.378 e. The number of nitrogens with zero attached hydrogens (tertiary/aromatic N) is 5. The summed E-state index contributed by atoms with van der Waals surface area (Å²) < 4.78 is 19.3. The van der Waals surface area contributed by atoms with Gasteiger partial charge < -0.3 is 19.4 Å². The number of halogens is 2. The molecule has 0 aliphatic carbocycles. The van der Waals surface area contributed by atoms with Gasteiger partial charge in [0.25, 0.3) is 0 Å². The van der Waals surface area contributed by atoms with E-state index in [4.69, 9.17) is 16.3 Å². The largest absolute Gasteiger partial charge is 0.378 e. The molecule has 2 aliphatic heterocycles. The molecule has 29 heavy (non-hydrogen) atoms. The number of carbonyl (C=O) groups is 1. The van der Waals surface area contributed by atoms with Crippen molar-refractivity contribution in [1.82, 2.24) is 15.1 Å². The topological polar surface area (TPSA) is 61.8 Å². The molecule has 154 valence electrons. The van der Waals surface area contributed by atoms with E-state index in [0.29, 0.717) is 39.4 Å². The average molecular weight is 420 g/mol. The maximum atomic E-state index is 13.9. The van der Waals surface area contributed by atoms with Crippen molar-refractivity contribution in [2.75, 3.05) is 62.3 Å². The standard InChI is InChI=1S/C20H23ClFN5O2/c21-16-2-1-3-17(22)15(16)14-20(28)27-8-6-25(7-9-27)18-4-5-19(24-23-18)26-10-12-29-13-11-26/h1-5H,6-14H2. The van der Waals surface area contributed by atoms with Crippen molar-refractivity contribution in [2.24, 2.45) is 0 Å². The average Bonchev–Trinajstić information content (AvgIpc) is 2.77. The second-order valence-electron chi connectivity index (χ2n) is 7.09. The Balaban J connectivity index is 1.32. The van der Waals surface area contributed by atoms with Crippen molar-refractivity contribution >= 4 is 29.1 Å². The van der Waals surface area contributed by atoms with E-state index in [1.54, 1.807) is 11.0 Å². The Bertz CT molecular complexity index is 832. The molecule has 0 radical (unpaired) electrons. The Kier molecular flexibility index (Phi) is 6.10. The third-order valence-corrected chi connectivity index (χ3v) is 5.67. The van der Waals surface area contributed by atoms with Gasteiger partial charge in [0.1, 0.15) is 5.82 Å². The van der Waals surface area contributed by atoms with Gasteiger partial charge in [-0.3, -0.25) is 4.79 Å². The summed E-state index contributed by atoms with van der Waals surface area (Å²) in [6.07, 6.45) is -0.0282. The fourth-order valence-electron chi connectivity index (χ4n) is 3.60. The lowest BCUT2D eigenvalue weighted by molar-refractivity contribution is -0.130. The molecule has 9 heteroatoms. The Hall–Kier alpha value is -2.45. The van der Waals surface area contributed by atoms with Crippen molar-refractivity contribution in [3.05, 3.63) is 46.7 Å². The molecule has 0 spiro atoms. The number of amides is 1. The van der Waals surface area contributed by atoms with Crippen LogP contribution in [0, 0.1) is 5.82 Å². The number of carbonyl (C=O) groups excluding carboxylic acids is 1. The molecule has 4 rings (SSSR count). The van der Waals surface area contributed by atoms with E-state index < -0.39 is 5.82 Å².